The summed E-state index contributed by atoms with van der Waals surface area (Å²) in [4.78, 5) is 21.5. The van der Waals surface area contributed by atoms with Gasteiger partial charge in [-0.15, -0.1) is 11.3 Å². The summed E-state index contributed by atoms with van der Waals surface area (Å²) < 4.78 is 6.07. The van der Waals surface area contributed by atoms with Gasteiger partial charge in [0.25, 0.3) is 0 Å². The lowest BCUT2D eigenvalue weighted by molar-refractivity contribution is 0.0202. The van der Waals surface area contributed by atoms with Gasteiger partial charge in [0.05, 0.1) is 0 Å². The third-order valence-corrected chi connectivity index (χ3v) is 4.58. The molecule has 0 aromatic carbocycles. The molecule has 0 saturated carbocycles. The number of hydrogen-bond acceptors (Lipinski definition) is 5. The van der Waals surface area contributed by atoms with Crippen LogP contribution >= 0.6 is 22.9 Å². The second kappa shape index (κ2) is 7.15. The first-order chi connectivity index (χ1) is 10.2. The molecule has 1 unspecified atom stereocenters. The number of rotatable bonds is 4. The van der Waals surface area contributed by atoms with E-state index >= 15 is 0 Å². The van der Waals surface area contributed by atoms with E-state index in [1.807, 2.05) is 31.9 Å². The molecule has 1 aliphatic heterocycles. The number of thiazole rings is 1. The second-order valence-electron chi connectivity index (χ2n) is 6.75. The predicted octanol–water partition coefficient (Wildman–Crippen LogP) is 3.63. The molecule has 124 valence electrons. The maximum Gasteiger partial charge on any atom is 0.410 e. The van der Waals surface area contributed by atoms with E-state index in [1.165, 1.54) is 11.3 Å². The van der Waals surface area contributed by atoms with E-state index in [4.69, 9.17) is 16.3 Å². The number of halogens is 1. The molecule has 1 aromatic rings. The Morgan fingerprint density at radius 2 is 2.32 bits per heavy atom. The molecule has 1 aliphatic rings. The summed E-state index contributed by atoms with van der Waals surface area (Å²) in [6, 6.07) is 0.211. The number of amides is 1. The molecule has 1 aromatic heterocycles. The van der Waals surface area contributed by atoms with Crippen LogP contribution in [0.5, 0.6) is 0 Å². The molecule has 22 heavy (non-hydrogen) atoms. The summed E-state index contributed by atoms with van der Waals surface area (Å²) in [6.45, 7) is 8.10. The zero-order chi connectivity index (χ0) is 16.3. The highest BCUT2D eigenvalue weighted by atomic mass is 35.5. The minimum atomic E-state index is -0.449. The van der Waals surface area contributed by atoms with Crippen LogP contribution in [0.1, 0.15) is 38.5 Å². The molecule has 1 saturated heterocycles. The SMILES string of the molecule is CN(Cc1cnc(Cl)s1)CC1CCCN1C(=O)OC(C)(C)C. The quantitative estimate of drug-likeness (QED) is 0.836. The Hall–Kier alpha value is -0.850. The fraction of sp³-hybridized carbons (Fsp3) is 0.733. The Kier molecular flexibility index (Phi) is 5.69. The summed E-state index contributed by atoms with van der Waals surface area (Å²) in [5.74, 6) is 0. The van der Waals surface area contributed by atoms with Crippen molar-refractivity contribution in [2.24, 2.45) is 0 Å². The Labute approximate surface area is 141 Å². The number of likely N-dealkylation sites (tertiary alicyclic amines) is 1. The van der Waals surface area contributed by atoms with Crippen LogP contribution in [-0.4, -0.2) is 52.7 Å². The van der Waals surface area contributed by atoms with Crippen LogP contribution in [0.2, 0.25) is 4.47 Å². The minimum absolute atomic E-state index is 0.204. The molecular weight excluding hydrogens is 322 g/mol. The Bertz CT molecular complexity index is 515. The maximum absolute atomic E-state index is 12.3. The van der Waals surface area contributed by atoms with Crippen molar-refractivity contribution in [3.05, 3.63) is 15.5 Å². The number of carbonyl (C=O) groups is 1. The number of nitrogens with zero attached hydrogens (tertiary/aromatic N) is 3. The van der Waals surface area contributed by atoms with Gasteiger partial charge in [-0.25, -0.2) is 9.78 Å². The van der Waals surface area contributed by atoms with Crippen LogP contribution in [0.25, 0.3) is 0 Å². The first-order valence-corrected chi connectivity index (χ1v) is 8.72. The fourth-order valence-electron chi connectivity index (χ4n) is 2.63. The van der Waals surface area contributed by atoms with Crippen LogP contribution < -0.4 is 0 Å². The van der Waals surface area contributed by atoms with Crippen molar-refractivity contribution in [1.82, 2.24) is 14.8 Å². The highest BCUT2D eigenvalue weighted by molar-refractivity contribution is 7.15. The van der Waals surface area contributed by atoms with E-state index in [0.29, 0.717) is 4.47 Å². The Balaban J connectivity index is 1.89. The smallest absolute Gasteiger partial charge is 0.410 e. The molecule has 1 atom stereocenters. The van der Waals surface area contributed by atoms with E-state index in [2.05, 4.69) is 16.9 Å². The number of carbonyl (C=O) groups excluding carboxylic acids is 1. The molecule has 2 heterocycles. The molecule has 2 rings (SSSR count). The summed E-state index contributed by atoms with van der Waals surface area (Å²) in [5, 5.41) is 0. The van der Waals surface area contributed by atoms with Gasteiger partial charge >= 0.3 is 6.09 Å². The third-order valence-electron chi connectivity index (χ3n) is 3.48. The zero-order valence-corrected chi connectivity index (χ0v) is 15.2. The molecule has 7 heteroatoms. The van der Waals surface area contributed by atoms with Crippen molar-refractivity contribution in [2.75, 3.05) is 20.1 Å². The average Bonchev–Trinajstić information content (AvgIpc) is 2.96. The predicted molar refractivity (Wildman–Crippen MR) is 89.4 cm³/mol. The summed E-state index contributed by atoms with van der Waals surface area (Å²) in [7, 11) is 2.05. The van der Waals surface area contributed by atoms with E-state index in [1.54, 1.807) is 0 Å². The number of hydrogen-bond donors (Lipinski definition) is 0. The highest BCUT2D eigenvalue weighted by Gasteiger charge is 2.32. The topological polar surface area (TPSA) is 45.7 Å². The first-order valence-electron chi connectivity index (χ1n) is 7.53. The van der Waals surface area contributed by atoms with Gasteiger partial charge < -0.3 is 9.64 Å². The zero-order valence-electron chi connectivity index (χ0n) is 13.6. The molecule has 0 aliphatic carbocycles. The van der Waals surface area contributed by atoms with Crippen molar-refractivity contribution < 1.29 is 9.53 Å². The normalized spacial score (nSPS) is 19.0. The molecule has 1 fully saturated rings. The van der Waals surface area contributed by atoms with Crippen LogP contribution in [0.15, 0.2) is 6.20 Å². The molecule has 1 amide bonds. The Morgan fingerprint density at radius 3 is 2.91 bits per heavy atom. The summed E-state index contributed by atoms with van der Waals surface area (Å²) in [5.41, 5.74) is -0.449. The van der Waals surface area contributed by atoms with Crippen molar-refractivity contribution in [2.45, 2.75) is 51.8 Å². The van der Waals surface area contributed by atoms with Crippen LogP contribution in [0.4, 0.5) is 4.79 Å². The molecule has 0 N–H and O–H groups in total. The van der Waals surface area contributed by atoms with Crippen LogP contribution in [-0.2, 0) is 11.3 Å². The van der Waals surface area contributed by atoms with Gasteiger partial charge in [-0.2, -0.15) is 0 Å². The van der Waals surface area contributed by atoms with E-state index in [0.717, 1.165) is 37.4 Å². The third kappa shape index (κ3) is 5.11. The Morgan fingerprint density at radius 1 is 1.59 bits per heavy atom. The largest absolute Gasteiger partial charge is 0.444 e. The first kappa shape index (κ1) is 17.5. The van der Waals surface area contributed by atoms with Crippen molar-refractivity contribution >= 4 is 29.0 Å². The van der Waals surface area contributed by atoms with Gasteiger partial charge in [0.2, 0.25) is 0 Å². The minimum Gasteiger partial charge on any atom is -0.444 e. The number of aromatic nitrogens is 1. The highest BCUT2D eigenvalue weighted by Crippen LogP contribution is 2.23. The standard InChI is InChI=1S/C15H24ClN3O2S/c1-15(2,3)21-14(20)19-7-5-6-11(19)9-18(4)10-12-8-17-13(16)22-12/h8,11H,5-7,9-10H2,1-4H3. The maximum atomic E-state index is 12.3. The van der Waals surface area contributed by atoms with Crippen LogP contribution in [0.3, 0.4) is 0 Å². The lowest BCUT2D eigenvalue weighted by Gasteiger charge is -2.30. The van der Waals surface area contributed by atoms with E-state index in [-0.39, 0.29) is 12.1 Å². The van der Waals surface area contributed by atoms with E-state index in [9.17, 15) is 4.79 Å². The molecular formula is C15H24ClN3O2S. The van der Waals surface area contributed by atoms with Gasteiger partial charge in [-0.1, -0.05) is 11.6 Å². The molecule has 5 nitrogen and oxygen atoms in total. The summed E-state index contributed by atoms with van der Waals surface area (Å²) >= 11 is 7.36. The van der Waals surface area contributed by atoms with Gasteiger partial charge in [-0.3, -0.25) is 4.90 Å². The van der Waals surface area contributed by atoms with Gasteiger partial charge in [-0.05, 0) is 40.7 Å². The monoisotopic (exact) mass is 345 g/mol. The molecule has 0 bridgehead atoms. The van der Waals surface area contributed by atoms with Crippen LogP contribution in [0, 0.1) is 0 Å². The molecule has 0 spiro atoms. The number of ether oxygens (including phenoxy) is 1. The van der Waals surface area contributed by atoms with Crippen molar-refractivity contribution in [3.63, 3.8) is 0 Å². The van der Waals surface area contributed by atoms with Crippen molar-refractivity contribution in [1.29, 1.82) is 0 Å². The second-order valence-corrected chi connectivity index (χ2v) is 8.44. The summed E-state index contributed by atoms with van der Waals surface area (Å²) in [6.07, 6.45) is 3.66. The van der Waals surface area contributed by atoms with Gasteiger partial charge in [0.15, 0.2) is 4.47 Å². The number of likely N-dealkylation sites (N-methyl/N-ethyl adjacent to an activating group) is 1. The fourth-order valence-corrected chi connectivity index (χ4v) is 3.69. The lowest BCUT2D eigenvalue weighted by atomic mass is 10.2. The average molecular weight is 346 g/mol. The molecule has 0 radical (unpaired) electrons. The lowest BCUT2D eigenvalue weighted by Crippen LogP contribution is -2.44. The van der Waals surface area contributed by atoms with Gasteiger partial charge in [0.1, 0.15) is 5.60 Å². The van der Waals surface area contributed by atoms with Gasteiger partial charge in [0, 0.05) is 36.8 Å². The van der Waals surface area contributed by atoms with E-state index < -0.39 is 5.60 Å². The van der Waals surface area contributed by atoms with Crippen molar-refractivity contribution in [3.8, 4) is 0 Å².